The maximum atomic E-state index is 13.1. The van der Waals surface area contributed by atoms with Gasteiger partial charge < -0.3 is 19.2 Å². The lowest BCUT2D eigenvalue weighted by molar-refractivity contribution is -0.120. The van der Waals surface area contributed by atoms with E-state index in [0.29, 0.717) is 44.8 Å². The number of amides is 1. The second kappa shape index (κ2) is 9.68. The van der Waals surface area contributed by atoms with Gasteiger partial charge in [-0.2, -0.15) is 4.31 Å². The first-order valence-corrected chi connectivity index (χ1v) is 11.9. The Balaban J connectivity index is 1.39. The topological polar surface area (TPSA) is 102 Å². The number of nitrogens with zero attached hydrogens (tertiary/aromatic N) is 3. The normalized spacial score (nSPS) is 15.0. The molecule has 170 valence electrons. The van der Waals surface area contributed by atoms with Gasteiger partial charge in [-0.15, -0.1) is 0 Å². The van der Waals surface area contributed by atoms with Crippen molar-refractivity contribution in [1.29, 1.82) is 0 Å². The monoisotopic (exact) mass is 458 g/mol. The van der Waals surface area contributed by atoms with Crippen molar-refractivity contribution in [1.82, 2.24) is 19.0 Å². The summed E-state index contributed by atoms with van der Waals surface area (Å²) < 4.78 is 40.0. The van der Waals surface area contributed by atoms with Gasteiger partial charge in [0.1, 0.15) is 16.3 Å². The van der Waals surface area contributed by atoms with E-state index in [-0.39, 0.29) is 23.0 Å². The van der Waals surface area contributed by atoms with E-state index >= 15 is 0 Å². The summed E-state index contributed by atoms with van der Waals surface area (Å²) in [5, 5.41) is 2.88. The number of ether oxygens (including phenoxy) is 2. The zero-order chi connectivity index (χ0) is 22.6. The molecule has 1 aromatic carbocycles. The zero-order valence-corrected chi connectivity index (χ0v) is 18.7. The Morgan fingerprint density at radius 3 is 2.78 bits per heavy atom. The van der Waals surface area contributed by atoms with Crippen LogP contribution >= 0.6 is 0 Å². The smallest absolute Gasteiger partial charge is 0.246 e. The fourth-order valence-corrected chi connectivity index (χ4v) is 5.26. The Kier molecular flexibility index (Phi) is 6.73. The molecule has 1 amide bonds. The van der Waals surface area contributed by atoms with Crippen molar-refractivity contribution in [2.24, 2.45) is 0 Å². The van der Waals surface area contributed by atoms with Gasteiger partial charge in [-0.1, -0.05) is 12.1 Å². The number of benzene rings is 1. The summed E-state index contributed by atoms with van der Waals surface area (Å²) in [7, 11) is -2.31. The highest BCUT2D eigenvalue weighted by atomic mass is 32.2. The quantitative estimate of drug-likeness (QED) is 0.545. The second-order valence-electron chi connectivity index (χ2n) is 7.48. The van der Waals surface area contributed by atoms with Crippen LogP contribution in [0.15, 0.2) is 53.7 Å². The summed E-state index contributed by atoms with van der Waals surface area (Å²) in [6, 6.07) is 10.6. The molecule has 1 aliphatic rings. The lowest BCUT2D eigenvalue weighted by atomic mass is 10.1. The van der Waals surface area contributed by atoms with E-state index < -0.39 is 10.0 Å². The molecule has 1 fully saturated rings. The van der Waals surface area contributed by atoms with Gasteiger partial charge in [-0.05, 0) is 29.8 Å². The van der Waals surface area contributed by atoms with Crippen LogP contribution in [0.4, 0.5) is 0 Å². The van der Waals surface area contributed by atoms with Gasteiger partial charge in [0, 0.05) is 38.4 Å². The zero-order valence-electron chi connectivity index (χ0n) is 17.9. The summed E-state index contributed by atoms with van der Waals surface area (Å²) in [4.78, 5) is 17.0. The minimum absolute atomic E-state index is 0.0666. The van der Waals surface area contributed by atoms with Crippen molar-refractivity contribution >= 4 is 21.6 Å². The molecule has 32 heavy (non-hydrogen) atoms. The van der Waals surface area contributed by atoms with Gasteiger partial charge in [0.05, 0.1) is 32.4 Å². The van der Waals surface area contributed by atoms with Crippen molar-refractivity contribution in [2.45, 2.75) is 17.7 Å². The van der Waals surface area contributed by atoms with E-state index in [1.54, 1.807) is 12.1 Å². The molecule has 1 N–H and O–H groups in total. The third-order valence-corrected chi connectivity index (χ3v) is 7.22. The molecule has 4 rings (SSSR count). The van der Waals surface area contributed by atoms with Crippen LogP contribution < -0.4 is 10.1 Å². The fraction of sp³-hybridized carbons (Fsp3) is 0.364. The number of morpholine rings is 1. The van der Waals surface area contributed by atoms with Crippen LogP contribution in [0, 0.1) is 0 Å². The number of pyridine rings is 1. The molecule has 9 nitrogen and oxygen atoms in total. The van der Waals surface area contributed by atoms with E-state index in [2.05, 4.69) is 10.3 Å². The number of methoxy groups -OCH3 is 1. The number of hydrogen-bond acceptors (Lipinski definition) is 6. The van der Waals surface area contributed by atoms with Crippen molar-refractivity contribution in [2.75, 3.05) is 40.0 Å². The van der Waals surface area contributed by atoms with Gasteiger partial charge in [-0.25, -0.2) is 13.4 Å². The largest absolute Gasteiger partial charge is 0.495 e. The first kappa shape index (κ1) is 22.3. The Labute approximate surface area is 187 Å². The lowest BCUT2D eigenvalue weighted by Crippen LogP contribution is -2.40. The minimum Gasteiger partial charge on any atom is -0.495 e. The van der Waals surface area contributed by atoms with E-state index in [1.807, 2.05) is 35.0 Å². The van der Waals surface area contributed by atoms with Gasteiger partial charge in [-0.3, -0.25) is 4.79 Å². The number of nitrogens with one attached hydrogen (secondary N) is 1. The number of hydrogen-bond donors (Lipinski definition) is 1. The minimum atomic E-state index is -3.74. The van der Waals surface area contributed by atoms with Crippen LogP contribution in [0.1, 0.15) is 11.3 Å². The van der Waals surface area contributed by atoms with Gasteiger partial charge in [0.15, 0.2) is 0 Å². The number of rotatable bonds is 8. The average Bonchev–Trinajstić information content (AvgIpc) is 3.22. The summed E-state index contributed by atoms with van der Waals surface area (Å²) >= 11 is 0. The van der Waals surface area contributed by atoms with Crippen LogP contribution in [0.25, 0.3) is 5.65 Å². The molecule has 0 bridgehead atoms. The number of carbonyl (C=O) groups is 1. The summed E-state index contributed by atoms with van der Waals surface area (Å²) in [5.74, 6) is 0.0705. The first-order chi connectivity index (χ1) is 15.5. The van der Waals surface area contributed by atoms with Crippen LogP contribution in [0.3, 0.4) is 0 Å². The summed E-state index contributed by atoms with van der Waals surface area (Å²) in [6.45, 7) is 1.74. The lowest BCUT2D eigenvalue weighted by Gasteiger charge is -2.26. The highest BCUT2D eigenvalue weighted by Crippen LogP contribution is 2.28. The van der Waals surface area contributed by atoms with Crippen LogP contribution in [0.5, 0.6) is 5.75 Å². The molecule has 0 aliphatic carbocycles. The highest BCUT2D eigenvalue weighted by molar-refractivity contribution is 7.89. The number of aromatic nitrogens is 2. The van der Waals surface area contributed by atoms with E-state index in [1.165, 1.54) is 17.5 Å². The third-order valence-electron chi connectivity index (χ3n) is 5.30. The molecule has 1 saturated heterocycles. The number of fused-ring (bicyclic) bond motifs is 1. The summed E-state index contributed by atoms with van der Waals surface area (Å²) in [5.41, 5.74) is 2.35. The van der Waals surface area contributed by atoms with E-state index in [0.717, 1.165) is 11.3 Å². The number of imidazole rings is 1. The van der Waals surface area contributed by atoms with Crippen molar-refractivity contribution in [3.8, 4) is 5.75 Å². The SMILES string of the molecule is COc1ccc(CC(=O)NCCc2cn3ccccc3n2)cc1S(=O)(=O)N1CCOCC1. The molecule has 3 heterocycles. The molecular formula is C22H26N4O5S. The van der Waals surface area contributed by atoms with Crippen molar-refractivity contribution < 1.29 is 22.7 Å². The third kappa shape index (κ3) is 4.93. The van der Waals surface area contributed by atoms with Gasteiger partial charge >= 0.3 is 0 Å². The maximum absolute atomic E-state index is 13.1. The highest BCUT2D eigenvalue weighted by Gasteiger charge is 2.29. The van der Waals surface area contributed by atoms with Crippen LogP contribution in [0.2, 0.25) is 0 Å². The maximum Gasteiger partial charge on any atom is 0.246 e. The Morgan fingerprint density at radius 2 is 2.03 bits per heavy atom. The second-order valence-corrected chi connectivity index (χ2v) is 9.38. The number of sulfonamides is 1. The molecule has 0 saturated carbocycles. The Morgan fingerprint density at radius 1 is 1.22 bits per heavy atom. The van der Waals surface area contributed by atoms with Crippen LogP contribution in [-0.4, -0.2) is 68.0 Å². The molecule has 1 aliphatic heterocycles. The fourth-order valence-electron chi connectivity index (χ4n) is 3.64. The molecule has 0 unspecified atom stereocenters. The molecule has 2 aromatic heterocycles. The first-order valence-electron chi connectivity index (χ1n) is 10.4. The molecule has 0 spiro atoms. The summed E-state index contributed by atoms with van der Waals surface area (Å²) in [6.07, 6.45) is 4.54. The van der Waals surface area contributed by atoms with Crippen molar-refractivity contribution in [3.05, 3.63) is 60.0 Å². The average molecular weight is 459 g/mol. The molecule has 0 atom stereocenters. The van der Waals surface area contributed by atoms with E-state index in [4.69, 9.17) is 9.47 Å². The van der Waals surface area contributed by atoms with Gasteiger partial charge in [0.2, 0.25) is 15.9 Å². The molecule has 3 aromatic rings. The van der Waals surface area contributed by atoms with E-state index in [9.17, 15) is 13.2 Å². The molecule has 0 radical (unpaired) electrons. The van der Waals surface area contributed by atoms with Gasteiger partial charge in [0.25, 0.3) is 0 Å². The Bertz CT molecular complexity index is 1170. The van der Waals surface area contributed by atoms with Crippen molar-refractivity contribution in [3.63, 3.8) is 0 Å². The number of carbonyl (C=O) groups excluding carboxylic acids is 1. The Hall–Kier alpha value is -2.95. The standard InChI is InChI=1S/C22H26N4O5S/c1-30-19-6-5-17(14-20(19)32(28,29)26-10-12-31-13-11-26)15-22(27)23-8-7-18-16-25-9-3-2-4-21(25)24-18/h2-6,9,14,16H,7-8,10-13,15H2,1H3,(H,23,27). The van der Waals surface area contributed by atoms with Crippen LogP contribution in [-0.2, 0) is 32.4 Å². The predicted molar refractivity (Wildman–Crippen MR) is 118 cm³/mol. The predicted octanol–water partition coefficient (Wildman–Crippen LogP) is 1.27. The molecular weight excluding hydrogens is 432 g/mol. The molecule has 10 heteroatoms.